The monoisotopic (exact) mass is 280 g/mol. The average Bonchev–Trinajstić information content (AvgIpc) is 2.38. The molecule has 0 fully saturated rings. The summed E-state index contributed by atoms with van der Waals surface area (Å²) in [6, 6.07) is 7.67. The fourth-order valence-corrected chi connectivity index (χ4v) is 2.00. The second-order valence-electron chi connectivity index (χ2n) is 5.20. The van der Waals surface area contributed by atoms with E-state index in [1.807, 2.05) is 31.2 Å². The highest BCUT2D eigenvalue weighted by molar-refractivity contribution is 5.88. The summed E-state index contributed by atoms with van der Waals surface area (Å²) in [5.74, 6) is -0.0773. The van der Waals surface area contributed by atoms with Crippen molar-refractivity contribution in [2.75, 3.05) is 25.6 Å². The van der Waals surface area contributed by atoms with Crippen LogP contribution in [0.25, 0.3) is 0 Å². The molecule has 0 spiro atoms. The molecule has 1 atom stereocenters. The number of hydrogen-bond donors (Lipinski definition) is 3. The van der Waals surface area contributed by atoms with E-state index in [4.69, 9.17) is 9.84 Å². The van der Waals surface area contributed by atoms with Gasteiger partial charge in [-0.25, -0.2) is 0 Å². The Morgan fingerprint density at radius 3 is 2.50 bits per heavy atom. The van der Waals surface area contributed by atoms with Gasteiger partial charge in [-0.05, 0) is 31.0 Å². The van der Waals surface area contributed by atoms with E-state index in [1.165, 1.54) is 6.92 Å². The molecule has 1 aromatic rings. The normalized spacial score (nSPS) is 13.8. The number of anilines is 1. The molecule has 0 aliphatic rings. The lowest BCUT2D eigenvalue weighted by atomic mass is 9.99. The maximum atomic E-state index is 10.9. The number of hydrogen-bond acceptors (Lipinski definition) is 4. The topological polar surface area (TPSA) is 70.6 Å². The highest BCUT2D eigenvalue weighted by atomic mass is 16.5. The summed E-state index contributed by atoms with van der Waals surface area (Å²) in [4.78, 5) is 10.9. The van der Waals surface area contributed by atoms with Crippen LogP contribution < -0.4 is 10.6 Å². The molecule has 0 saturated carbocycles. The number of carbonyl (C=O) groups excluding carboxylic acids is 1. The standard InChI is InChI=1S/C15H24N2O3/c1-12(19)17-14-6-4-13(5-7-14)10-16-15(2,8-9-18)11-20-3/h4-7,16,18H,8-11H2,1-3H3,(H,17,19). The molecule has 0 aromatic heterocycles. The van der Waals surface area contributed by atoms with E-state index in [1.54, 1.807) is 7.11 Å². The van der Waals surface area contributed by atoms with Gasteiger partial charge in [-0.15, -0.1) is 0 Å². The lowest BCUT2D eigenvalue weighted by molar-refractivity contribution is -0.114. The molecule has 1 rings (SSSR count). The van der Waals surface area contributed by atoms with Crippen LogP contribution in [0.2, 0.25) is 0 Å². The van der Waals surface area contributed by atoms with E-state index >= 15 is 0 Å². The predicted molar refractivity (Wildman–Crippen MR) is 79.6 cm³/mol. The van der Waals surface area contributed by atoms with E-state index in [0.29, 0.717) is 19.6 Å². The third-order valence-corrected chi connectivity index (χ3v) is 3.12. The van der Waals surface area contributed by atoms with Crippen molar-refractivity contribution in [2.45, 2.75) is 32.4 Å². The summed E-state index contributed by atoms with van der Waals surface area (Å²) < 4.78 is 5.19. The molecule has 5 heteroatoms. The van der Waals surface area contributed by atoms with Gasteiger partial charge in [0.15, 0.2) is 0 Å². The summed E-state index contributed by atoms with van der Waals surface area (Å²) >= 11 is 0. The van der Waals surface area contributed by atoms with Crippen LogP contribution in [0.5, 0.6) is 0 Å². The van der Waals surface area contributed by atoms with Crippen molar-refractivity contribution >= 4 is 11.6 Å². The molecule has 20 heavy (non-hydrogen) atoms. The van der Waals surface area contributed by atoms with Gasteiger partial charge in [0, 0.05) is 38.4 Å². The van der Waals surface area contributed by atoms with Crippen molar-refractivity contribution in [1.29, 1.82) is 0 Å². The summed E-state index contributed by atoms with van der Waals surface area (Å²) in [5.41, 5.74) is 1.65. The van der Waals surface area contributed by atoms with Gasteiger partial charge in [-0.3, -0.25) is 4.79 Å². The van der Waals surface area contributed by atoms with E-state index in [2.05, 4.69) is 10.6 Å². The Kier molecular flexibility index (Phi) is 6.64. The van der Waals surface area contributed by atoms with Gasteiger partial charge >= 0.3 is 0 Å². The quantitative estimate of drug-likeness (QED) is 0.675. The predicted octanol–water partition coefficient (Wildman–Crippen LogP) is 1.52. The third kappa shape index (κ3) is 5.69. The van der Waals surface area contributed by atoms with Gasteiger partial charge in [0.2, 0.25) is 5.91 Å². The van der Waals surface area contributed by atoms with Crippen LogP contribution >= 0.6 is 0 Å². The largest absolute Gasteiger partial charge is 0.396 e. The molecule has 0 aliphatic heterocycles. The number of nitrogens with one attached hydrogen (secondary N) is 2. The molecular formula is C15H24N2O3. The smallest absolute Gasteiger partial charge is 0.221 e. The highest BCUT2D eigenvalue weighted by Crippen LogP contribution is 2.13. The Bertz CT molecular complexity index is 412. The number of methoxy groups -OCH3 is 1. The van der Waals surface area contributed by atoms with Gasteiger partial charge in [0.05, 0.1) is 6.61 Å². The Morgan fingerprint density at radius 2 is 2.00 bits per heavy atom. The summed E-state index contributed by atoms with van der Waals surface area (Å²) in [5, 5.41) is 15.2. The van der Waals surface area contributed by atoms with Crippen LogP contribution in [0, 0.1) is 0 Å². The van der Waals surface area contributed by atoms with Crippen LogP contribution in [0.15, 0.2) is 24.3 Å². The number of amides is 1. The fraction of sp³-hybridized carbons (Fsp3) is 0.533. The number of ether oxygens (including phenoxy) is 1. The minimum atomic E-state index is -0.250. The lowest BCUT2D eigenvalue weighted by Crippen LogP contribution is -2.46. The molecule has 0 aliphatic carbocycles. The zero-order chi connectivity index (χ0) is 15.0. The van der Waals surface area contributed by atoms with E-state index in [0.717, 1.165) is 11.3 Å². The van der Waals surface area contributed by atoms with Gasteiger partial charge in [0.1, 0.15) is 0 Å². The fourth-order valence-electron chi connectivity index (χ4n) is 2.00. The van der Waals surface area contributed by atoms with Crippen molar-refractivity contribution in [3.05, 3.63) is 29.8 Å². The van der Waals surface area contributed by atoms with E-state index < -0.39 is 0 Å². The summed E-state index contributed by atoms with van der Waals surface area (Å²) in [6.07, 6.45) is 0.630. The molecule has 112 valence electrons. The van der Waals surface area contributed by atoms with E-state index in [9.17, 15) is 4.79 Å². The van der Waals surface area contributed by atoms with Gasteiger partial charge < -0.3 is 20.5 Å². The zero-order valence-corrected chi connectivity index (χ0v) is 12.4. The molecule has 5 nitrogen and oxygen atoms in total. The third-order valence-electron chi connectivity index (χ3n) is 3.12. The van der Waals surface area contributed by atoms with Gasteiger partial charge in [-0.2, -0.15) is 0 Å². The molecule has 1 aromatic carbocycles. The van der Waals surface area contributed by atoms with Crippen molar-refractivity contribution in [3.8, 4) is 0 Å². The molecule has 0 bridgehead atoms. The number of benzene rings is 1. The maximum Gasteiger partial charge on any atom is 0.221 e. The first-order chi connectivity index (χ1) is 9.49. The molecular weight excluding hydrogens is 256 g/mol. The van der Waals surface area contributed by atoms with Crippen LogP contribution in [-0.2, 0) is 16.1 Å². The van der Waals surface area contributed by atoms with Crippen LogP contribution in [0.4, 0.5) is 5.69 Å². The first kappa shape index (κ1) is 16.6. The second kappa shape index (κ2) is 7.99. The lowest BCUT2D eigenvalue weighted by Gasteiger charge is -2.29. The molecule has 1 unspecified atom stereocenters. The van der Waals surface area contributed by atoms with Gasteiger partial charge in [-0.1, -0.05) is 12.1 Å². The molecule has 0 heterocycles. The minimum absolute atomic E-state index is 0.0773. The number of carbonyl (C=O) groups is 1. The number of aliphatic hydroxyl groups is 1. The molecule has 3 N–H and O–H groups in total. The SMILES string of the molecule is COCC(C)(CCO)NCc1ccc(NC(C)=O)cc1. The molecule has 0 saturated heterocycles. The van der Waals surface area contributed by atoms with Crippen molar-refractivity contribution in [2.24, 2.45) is 0 Å². The highest BCUT2D eigenvalue weighted by Gasteiger charge is 2.22. The first-order valence-corrected chi connectivity index (χ1v) is 6.70. The average molecular weight is 280 g/mol. The van der Waals surface area contributed by atoms with Crippen LogP contribution in [0.1, 0.15) is 25.8 Å². The number of rotatable bonds is 8. The minimum Gasteiger partial charge on any atom is -0.396 e. The van der Waals surface area contributed by atoms with Crippen LogP contribution in [-0.4, -0.2) is 36.9 Å². The number of aliphatic hydroxyl groups excluding tert-OH is 1. The summed E-state index contributed by atoms with van der Waals surface area (Å²) in [6.45, 7) is 4.85. The van der Waals surface area contributed by atoms with Crippen molar-refractivity contribution in [3.63, 3.8) is 0 Å². The first-order valence-electron chi connectivity index (χ1n) is 6.70. The Balaban J connectivity index is 2.57. The zero-order valence-electron chi connectivity index (χ0n) is 12.4. The summed E-state index contributed by atoms with van der Waals surface area (Å²) in [7, 11) is 1.65. The Hall–Kier alpha value is -1.43. The van der Waals surface area contributed by atoms with Crippen LogP contribution in [0.3, 0.4) is 0 Å². The van der Waals surface area contributed by atoms with Gasteiger partial charge in [0.25, 0.3) is 0 Å². The van der Waals surface area contributed by atoms with E-state index in [-0.39, 0.29) is 18.1 Å². The molecule has 0 radical (unpaired) electrons. The Morgan fingerprint density at radius 1 is 1.35 bits per heavy atom. The second-order valence-corrected chi connectivity index (χ2v) is 5.20. The maximum absolute atomic E-state index is 10.9. The molecule has 1 amide bonds. The van der Waals surface area contributed by atoms with Crippen molar-refractivity contribution < 1.29 is 14.6 Å². The van der Waals surface area contributed by atoms with Crippen molar-refractivity contribution in [1.82, 2.24) is 5.32 Å². The Labute approximate surface area is 120 Å².